The van der Waals surface area contributed by atoms with Crippen LogP contribution in [0, 0.1) is 6.92 Å². The molecule has 3 N–H and O–H groups in total. The smallest absolute Gasteiger partial charge is 0.265 e. The number of furan rings is 1. The van der Waals surface area contributed by atoms with Crippen LogP contribution >= 0.6 is 0 Å². The zero-order valence-electron chi connectivity index (χ0n) is 16.5. The minimum absolute atomic E-state index is 0.111. The van der Waals surface area contributed by atoms with Gasteiger partial charge in [-0.25, -0.2) is 8.42 Å². The Morgan fingerprint density at radius 1 is 1.28 bits per heavy atom. The number of ether oxygens (including phenoxy) is 1. The van der Waals surface area contributed by atoms with Crippen molar-refractivity contribution in [1.82, 2.24) is 4.90 Å². The number of hydrogen-bond donors (Lipinski definition) is 2. The van der Waals surface area contributed by atoms with Gasteiger partial charge in [-0.2, -0.15) is 0 Å². The Hall–Kier alpha value is -2.55. The van der Waals surface area contributed by atoms with Crippen LogP contribution in [0.5, 0.6) is 5.75 Å². The summed E-state index contributed by atoms with van der Waals surface area (Å²) in [7, 11) is -2.36. The standard InChI is InChI=1S/C21H25N3O4S/c1-14-3-4-19(27-2)20(9-14)29(25,26)23-18-10-15-6-8-28-21(15)16(11-18)12-24-7-5-17(22)13-24/h3-4,6,8-11,17,23H,5,7,12-13,22H2,1-2H3. The number of sulfonamides is 1. The van der Waals surface area contributed by atoms with Gasteiger partial charge in [0, 0.05) is 36.6 Å². The highest BCUT2D eigenvalue weighted by molar-refractivity contribution is 7.92. The van der Waals surface area contributed by atoms with Crippen molar-refractivity contribution in [3.05, 3.63) is 53.8 Å². The van der Waals surface area contributed by atoms with Crippen molar-refractivity contribution >= 4 is 26.7 Å². The lowest BCUT2D eigenvalue weighted by molar-refractivity contribution is 0.326. The Morgan fingerprint density at radius 3 is 2.83 bits per heavy atom. The summed E-state index contributed by atoms with van der Waals surface area (Å²) < 4.78 is 39.7. The van der Waals surface area contributed by atoms with Crippen LogP contribution in [-0.4, -0.2) is 39.6 Å². The fourth-order valence-electron chi connectivity index (χ4n) is 3.78. The molecular weight excluding hydrogens is 390 g/mol. The van der Waals surface area contributed by atoms with Crippen molar-refractivity contribution in [1.29, 1.82) is 0 Å². The number of likely N-dealkylation sites (tertiary alicyclic amines) is 1. The van der Waals surface area contributed by atoms with Gasteiger partial charge < -0.3 is 14.9 Å². The maximum atomic E-state index is 13.1. The van der Waals surface area contributed by atoms with Crippen molar-refractivity contribution in [3.63, 3.8) is 0 Å². The first-order chi connectivity index (χ1) is 13.9. The van der Waals surface area contributed by atoms with E-state index in [0.717, 1.165) is 41.6 Å². The number of benzene rings is 2. The van der Waals surface area contributed by atoms with Gasteiger partial charge >= 0.3 is 0 Å². The molecule has 1 aromatic heterocycles. The number of aryl methyl sites for hydroxylation is 1. The monoisotopic (exact) mass is 415 g/mol. The summed E-state index contributed by atoms with van der Waals surface area (Å²) in [5.74, 6) is 0.304. The average Bonchev–Trinajstić information content (AvgIpc) is 3.30. The average molecular weight is 416 g/mol. The molecular formula is C21H25N3O4S. The molecule has 0 spiro atoms. The zero-order chi connectivity index (χ0) is 20.6. The summed E-state index contributed by atoms with van der Waals surface area (Å²) in [6.07, 6.45) is 2.58. The minimum Gasteiger partial charge on any atom is -0.495 e. The maximum Gasteiger partial charge on any atom is 0.265 e. The third-order valence-corrected chi connectivity index (χ3v) is 6.59. The highest BCUT2D eigenvalue weighted by Gasteiger charge is 2.23. The second kappa shape index (κ2) is 7.70. The van der Waals surface area contributed by atoms with Gasteiger partial charge in [0.2, 0.25) is 0 Å². The van der Waals surface area contributed by atoms with Crippen molar-refractivity contribution in [3.8, 4) is 5.75 Å². The Balaban J connectivity index is 1.68. The Kier molecular flexibility index (Phi) is 5.24. The van der Waals surface area contributed by atoms with Crippen molar-refractivity contribution in [2.75, 3.05) is 24.9 Å². The van der Waals surface area contributed by atoms with Crippen LogP contribution in [0.1, 0.15) is 17.5 Å². The molecule has 2 heterocycles. The van der Waals surface area contributed by atoms with E-state index in [4.69, 9.17) is 14.9 Å². The summed E-state index contributed by atoms with van der Waals surface area (Å²) in [5, 5.41) is 0.847. The molecule has 1 aliphatic rings. The van der Waals surface area contributed by atoms with Crippen molar-refractivity contribution < 1.29 is 17.6 Å². The number of nitrogens with two attached hydrogens (primary N) is 1. The number of anilines is 1. The van der Waals surface area contributed by atoms with E-state index < -0.39 is 10.0 Å². The molecule has 29 heavy (non-hydrogen) atoms. The molecule has 0 amide bonds. The first-order valence-corrected chi connectivity index (χ1v) is 11.0. The second-order valence-electron chi connectivity index (χ2n) is 7.52. The predicted molar refractivity (Wildman–Crippen MR) is 113 cm³/mol. The van der Waals surface area contributed by atoms with Crippen LogP contribution in [0.2, 0.25) is 0 Å². The number of hydrogen-bond acceptors (Lipinski definition) is 6. The first-order valence-electron chi connectivity index (χ1n) is 9.51. The molecule has 1 saturated heterocycles. The van der Waals surface area contributed by atoms with E-state index in [0.29, 0.717) is 18.0 Å². The molecule has 0 bridgehead atoms. The van der Waals surface area contributed by atoms with E-state index in [1.165, 1.54) is 7.11 Å². The van der Waals surface area contributed by atoms with Crippen LogP contribution in [0.15, 0.2) is 52.0 Å². The number of fused-ring (bicyclic) bond motifs is 1. The third-order valence-electron chi connectivity index (χ3n) is 5.19. The number of rotatable bonds is 6. The summed E-state index contributed by atoms with van der Waals surface area (Å²) in [6.45, 7) is 4.23. The predicted octanol–water partition coefficient (Wildman–Crippen LogP) is 3.08. The van der Waals surface area contributed by atoms with E-state index in [-0.39, 0.29) is 10.9 Å². The Morgan fingerprint density at radius 2 is 2.10 bits per heavy atom. The third kappa shape index (κ3) is 4.10. The van der Waals surface area contributed by atoms with Crippen molar-refractivity contribution in [2.24, 2.45) is 5.73 Å². The van der Waals surface area contributed by atoms with E-state index >= 15 is 0 Å². The maximum absolute atomic E-state index is 13.1. The van der Waals surface area contributed by atoms with Gasteiger partial charge in [-0.15, -0.1) is 0 Å². The topological polar surface area (TPSA) is 97.8 Å². The van der Waals surface area contributed by atoms with Gasteiger partial charge in [0.1, 0.15) is 16.2 Å². The molecule has 8 heteroatoms. The molecule has 2 aromatic carbocycles. The van der Waals surface area contributed by atoms with Crippen LogP contribution in [0.3, 0.4) is 0 Å². The lowest BCUT2D eigenvalue weighted by atomic mass is 10.1. The van der Waals surface area contributed by atoms with Gasteiger partial charge in [-0.05, 0) is 49.2 Å². The molecule has 154 valence electrons. The lowest BCUT2D eigenvalue weighted by Crippen LogP contribution is -2.26. The van der Waals surface area contributed by atoms with Crippen LogP contribution in [-0.2, 0) is 16.6 Å². The molecule has 1 fully saturated rings. The number of nitrogens with zero attached hydrogens (tertiary/aromatic N) is 1. The normalized spacial score (nSPS) is 17.7. The SMILES string of the molecule is COc1ccc(C)cc1S(=O)(=O)Nc1cc(CN2CCC(N)C2)c2occc2c1. The number of methoxy groups -OCH3 is 1. The summed E-state index contributed by atoms with van der Waals surface area (Å²) in [5.41, 5.74) is 9.03. The van der Waals surface area contributed by atoms with E-state index in [1.807, 2.05) is 25.1 Å². The quantitative estimate of drug-likeness (QED) is 0.642. The van der Waals surface area contributed by atoms with Gasteiger partial charge in [0.15, 0.2) is 0 Å². The molecule has 1 atom stereocenters. The van der Waals surface area contributed by atoms with Gasteiger partial charge in [0.25, 0.3) is 10.0 Å². The summed E-state index contributed by atoms with van der Waals surface area (Å²) in [4.78, 5) is 2.36. The van der Waals surface area contributed by atoms with Crippen LogP contribution in [0.4, 0.5) is 5.69 Å². The highest BCUT2D eigenvalue weighted by Crippen LogP contribution is 2.31. The molecule has 0 radical (unpaired) electrons. The second-order valence-corrected chi connectivity index (χ2v) is 9.17. The fourth-order valence-corrected chi connectivity index (χ4v) is 5.08. The van der Waals surface area contributed by atoms with E-state index in [2.05, 4.69) is 9.62 Å². The fraction of sp³-hybridized carbons (Fsp3) is 0.333. The zero-order valence-corrected chi connectivity index (χ0v) is 17.3. The summed E-state index contributed by atoms with van der Waals surface area (Å²) in [6, 6.07) is 10.7. The molecule has 3 aromatic rings. The highest BCUT2D eigenvalue weighted by atomic mass is 32.2. The molecule has 0 aliphatic carbocycles. The first kappa shape index (κ1) is 19.8. The largest absolute Gasteiger partial charge is 0.495 e. The number of nitrogens with one attached hydrogen (secondary N) is 1. The Labute approximate surface area is 170 Å². The molecule has 1 unspecified atom stereocenters. The molecule has 4 rings (SSSR count). The molecule has 7 nitrogen and oxygen atoms in total. The van der Waals surface area contributed by atoms with Gasteiger partial charge in [0.05, 0.1) is 19.1 Å². The lowest BCUT2D eigenvalue weighted by Gasteiger charge is -2.17. The molecule has 1 aliphatic heterocycles. The van der Waals surface area contributed by atoms with E-state index in [9.17, 15) is 8.42 Å². The minimum atomic E-state index is -3.82. The van der Waals surface area contributed by atoms with Crippen molar-refractivity contribution in [2.45, 2.75) is 30.8 Å². The molecule has 0 saturated carbocycles. The van der Waals surface area contributed by atoms with Crippen LogP contribution < -0.4 is 15.2 Å². The summed E-state index contributed by atoms with van der Waals surface area (Å²) >= 11 is 0. The van der Waals surface area contributed by atoms with E-state index in [1.54, 1.807) is 24.5 Å². The Bertz CT molecular complexity index is 1140. The van der Waals surface area contributed by atoms with Gasteiger partial charge in [-0.3, -0.25) is 9.62 Å². The van der Waals surface area contributed by atoms with Crippen LogP contribution in [0.25, 0.3) is 11.0 Å². The van der Waals surface area contributed by atoms with Gasteiger partial charge in [-0.1, -0.05) is 6.07 Å².